The van der Waals surface area contributed by atoms with Gasteiger partial charge in [0.1, 0.15) is 0 Å². The molecule has 6 nitrogen and oxygen atoms in total. The number of carbonyl (C=O) groups excluding carboxylic acids is 1. The van der Waals surface area contributed by atoms with E-state index in [1.54, 1.807) is 12.1 Å². The van der Waals surface area contributed by atoms with Gasteiger partial charge < -0.3 is 20.1 Å². The Labute approximate surface area is 149 Å². The fraction of sp³-hybridized carbons (Fsp3) is 0.684. The van der Waals surface area contributed by atoms with Gasteiger partial charge in [-0.25, -0.2) is 4.98 Å². The zero-order valence-corrected chi connectivity index (χ0v) is 15.1. The van der Waals surface area contributed by atoms with Crippen molar-refractivity contribution in [2.24, 2.45) is 5.92 Å². The maximum Gasteiger partial charge on any atom is 0.253 e. The molecule has 0 bridgehead atoms. The molecule has 1 aromatic rings. The first-order valence-electron chi connectivity index (χ1n) is 9.42. The highest BCUT2D eigenvalue weighted by atomic mass is 16.5. The molecular formula is C19H29N3O3. The van der Waals surface area contributed by atoms with Crippen LogP contribution in [-0.4, -0.2) is 49.8 Å². The number of ether oxygens (including phenoxy) is 2. The minimum Gasteiger partial charge on any atom is -0.478 e. The molecule has 0 aliphatic carbocycles. The third-order valence-corrected chi connectivity index (χ3v) is 5.04. The van der Waals surface area contributed by atoms with Crippen LogP contribution in [0.2, 0.25) is 0 Å². The number of carbonyl (C=O) groups is 1. The summed E-state index contributed by atoms with van der Waals surface area (Å²) >= 11 is 0. The molecule has 0 aromatic carbocycles. The van der Waals surface area contributed by atoms with E-state index in [2.05, 4.69) is 15.6 Å². The zero-order valence-electron chi connectivity index (χ0n) is 15.1. The molecule has 138 valence electrons. The first-order chi connectivity index (χ1) is 12.2. The van der Waals surface area contributed by atoms with Crippen molar-refractivity contribution >= 4 is 5.91 Å². The monoisotopic (exact) mass is 347 g/mol. The van der Waals surface area contributed by atoms with Crippen molar-refractivity contribution in [1.82, 2.24) is 15.6 Å². The summed E-state index contributed by atoms with van der Waals surface area (Å²) in [5.74, 6) is 1.34. The second-order valence-corrected chi connectivity index (χ2v) is 7.00. The number of hydrogen-bond acceptors (Lipinski definition) is 5. The van der Waals surface area contributed by atoms with Crippen molar-refractivity contribution in [3.63, 3.8) is 0 Å². The number of nitrogens with zero attached hydrogens (tertiary/aromatic N) is 1. The van der Waals surface area contributed by atoms with E-state index in [1.807, 2.05) is 6.92 Å². The van der Waals surface area contributed by atoms with Crippen molar-refractivity contribution in [3.05, 3.63) is 23.4 Å². The smallest absolute Gasteiger partial charge is 0.253 e. The van der Waals surface area contributed by atoms with E-state index in [1.165, 1.54) is 19.3 Å². The maximum absolute atomic E-state index is 12.3. The van der Waals surface area contributed by atoms with E-state index in [0.29, 0.717) is 37.0 Å². The molecule has 2 N–H and O–H groups in total. The third kappa shape index (κ3) is 5.41. The molecule has 2 aliphatic rings. The number of nitrogens with one attached hydrogen (secondary N) is 2. The van der Waals surface area contributed by atoms with E-state index in [9.17, 15) is 4.79 Å². The van der Waals surface area contributed by atoms with Crippen molar-refractivity contribution < 1.29 is 14.3 Å². The Hall–Kier alpha value is -1.66. The number of amides is 1. The molecule has 1 amide bonds. The average Bonchev–Trinajstić information content (AvgIpc) is 3.12. The summed E-state index contributed by atoms with van der Waals surface area (Å²) in [4.78, 5) is 16.7. The van der Waals surface area contributed by atoms with Crippen LogP contribution < -0.4 is 15.4 Å². The Morgan fingerprint density at radius 1 is 1.36 bits per heavy atom. The molecule has 2 aliphatic heterocycles. The molecule has 0 spiro atoms. The van der Waals surface area contributed by atoms with Gasteiger partial charge in [0.15, 0.2) is 0 Å². The van der Waals surface area contributed by atoms with E-state index in [-0.39, 0.29) is 11.9 Å². The molecule has 25 heavy (non-hydrogen) atoms. The molecule has 1 atom stereocenters. The summed E-state index contributed by atoms with van der Waals surface area (Å²) in [6.07, 6.45) is 5.68. The van der Waals surface area contributed by atoms with Gasteiger partial charge in [-0.1, -0.05) is 0 Å². The average molecular weight is 347 g/mol. The summed E-state index contributed by atoms with van der Waals surface area (Å²) in [6.45, 7) is 6.12. The van der Waals surface area contributed by atoms with E-state index in [4.69, 9.17) is 9.47 Å². The number of pyridine rings is 1. The Kier molecular flexibility index (Phi) is 6.64. The predicted octanol–water partition coefficient (Wildman–Crippen LogP) is 2.07. The van der Waals surface area contributed by atoms with Gasteiger partial charge >= 0.3 is 0 Å². The van der Waals surface area contributed by atoms with Crippen molar-refractivity contribution in [2.45, 2.75) is 45.1 Å². The second-order valence-electron chi connectivity index (χ2n) is 7.00. The van der Waals surface area contributed by atoms with Crippen LogP contribution in [0.3, 0.4) is 0 Å². The summed E-state index contributed by atoms with van der Waals surface area (Å²) in [5, 5.41) is 6.39. The quantitative estimate of drug-likeness (QED) is 0.739. The standard InChI is InChI=1S/C19H29N3O3/c1-14-17(19(23)22-16-8-12-24-13-16)4-5-18(21-14)25-11-2-3-15-6-9-20-10-7-15/h4-5,15-16,20H,2-3,6-13H2,1H3,(H,22,23)/t16-/m1/s1. The summed E-state index contributed by atoms with van der Waals surface area (Å²) in [6, 6.07) is 3.70. The van der Waals surface area contributed by atoms with E-state index < -0.39 is 0 Å². The number of aromatic nitrogens is 1. The molecule has 0 saturated carbocycles. The lowest BCUT2D eigenvalue weighted by Gasteiger charge is -2.22. The minimum atomic E-state index is -0.0852. The Balaban J connectivity index is 1.43. The normalized spacial score (nSPS) is 21.2. The largest absolute Gasteiger partial charge is 0.478 e. The molecule has 2 fully saturated rings. The van der Waals surface area contributed by atoms with Crippen LogP contribution in [0.5, 0.6) is 5.88 Å². The molecule has 0 unspecified atom stereocenters. The topological polar surface area (TPSA) is 72.5 Å². The summed E-state index contributed by atoms with van der Waals surface area (Å²) in [5.41, 5.74) is 1.31. The van der Waals surface area contributed by atoms with Gasteiger partial charge in [0.25, 0.3) is 5.91 Å². The van der Waals surface area contributed by atoms with Gasteiger partial charge in [-0.3, -0.25) is 4.79 Å². The molecule has 3 heterocycles. The van der Waals surface area contributed by atoms with Gasteiger partial charge in [-0.05, 0) is 64.1 Å². The fourth-order valence-electron chi connectivity index (χ4n) is 3.49. The molecule has 6 heteroatoms. The van der Waals surface area contributed by atoms with Crippen LogP contribution in [0.1, 0.15) is 48.2 Å². The lowest BCUT2D eigenvalue weighted by atomic mass is 9.93. The zero-order chi connectivity index (χ0) is 17.5. The van der Waals surface area contributed by atoms with Crippen LogP contribution in [0, 0.1) is 12.8 Å². The summed E-state index contributed by atoms with van der Waals surface area (Å²) < 4.78 is 11.1. The van der Waals surface area contributed by atoms with Crippen LogP contribution in [0.25, 0.3) is 0 Å². The third-order valence-electron chi connectivity index (χ3n) is 5.04. The predicted molar refractivity (Wildman–Crippen MR) is 96.0 cm³/mol. The highest BCUT2D eigenvalue weighted by Gasteiger charge is 2.20. The first-order valence-corrected chi connectivity index (χ1v) is 9.42. The minimum absolute atomic E-state index is 0.0852. The van der Waals surface area contributed by atoms with E-state index in [0.717, 1.165) is 31.8 Å². The lowest BCUT2D eigenvalue weighted by Crippen LogP contribution is -2.35. The van der Waals surface area contributed by atoms with Crippen molar-refractivity contribution in [2.75, 3.05) is 32.9 Å². The maximum atomic E-state index is 12.3. The first kappa shape index (κ1) is 18.1. The SMILES string of the molecule is Cc1nc(OCCCC2CCNCC2)ccc1C(=O)N[C@@H]1CCOC1. The fourth-order valence-corrected chi connectivity index (χ4v) is 3.49. The molecular weight excluding hydrogens is 318 g/mol. The van der Waals surface area contributed by atoms with Crippen LogP contribution in [0.15, 0.2) is 12.1 Å². The van der Waals surface area contributed by atoms with E-state index >= 15 is 0 Å². The van der Waals surface area contributed by atoms with Gasteiger partial charge in [0.2, 0.25) is 5.88 Å². The number of hydrogen-bond donors (Lipinski definition) is 2. The van der Waals surface area contributed by atoms with Gasteiger partial charge in [-0.15, -0.1) is 0 Å². The van der Waals surface area contributed by atoms with Crippen LogP contribution in [-0.2, 0) is 4.74 Å². The highest BCUT2D eigenvalue weighted by Crippen LogP contribution is 2.18. The van der Waals surface area contributed by atoms with Gasteiger partial charge in [-0.2, -0.15) is 0 Å². The van der Waals surface area contributed by atoms with Crippen LogP contribution >= 0.6 is 0 Å². The number of rotatable bonds is 7. The molecule has 3 rings (SSSR count). The number of piperidine rings is 1. The van der Waals surface area contributed by atoms with Crippen molar-refractivity contribution in [3.8, 4) is 5.88 Å². The van der Waals surface area contributed by atoms with Gasteiger partial charge in [0, 0.05) is 12.7 Å². The molecule has 2 saturated heterocycles. The lowest BCUT2D eigenvalue weighted by molar-refractivity contribution is 0.0928. The Bertz CT molecular complexity index is 567. The molecule has 0 radical (unpaired) electrons. The molecule has 1 aromatic heterocycles. The highest BCUT2D eigenvalue weighted by molar-refractivity contribution is 5.95. The Morgan fingerprint density at radius 3 is 2.92 bits per heavy atom. The second kappa shape index (κ2) is 9.15. The van der Waals surface area contributed by atoms with Crippen LogP contribution in [0.4, 0.5) is 0 Å². The van der Waals surface area contributed by atoms with Gasteiger partial charge in [0.05, 0.1) is 30.5 Å². The Morgan fingerprint density at radius 2 is 2.20 bits per heavy atom. The summed E-state index contributed by atoms with van der Waals surface area (Å²) in [7, 11) is 0. The number of aryl methyl sites for hydroxylation is 1. The van der Waals surface area contributed by atoms with Crippen molar-refractivity contribution in [1.29, 1.82) is 0 Å².